The summed E-state index contributed by atoms with van der Waals surface area (Å²) in [5, 5.41) is 0. The summed E-state index contributed by atoms with van der Waals surface area (Å²) in [6.07, 6.45) is 0. The van der Waals surface area contributed by atoms with Crippen molar-refractivity contribution in [1.82, 2.24) is 4.72 Å². The number of hydrogen-bond donors (Lipinski definition) is 1. The Bertz CT molecular complexity index is 51.0. The quantitative estimate of drug-likeness (QED) is 0.521. The molecule has 0 fully saturated rings. The molecule has 0 aromatic carbocycles. The predicted octanol–water partition coefficient (Wildman–Crippen LogP) is -0.552. The third kappa shape index (κ3) is 20.1. The normalized spacial score (nSPS) is 10.6. The minimum atomic E-state index is -2.07. The smallest absolute Gasteiger partial charge is 0.760 e. The van der Waals surface area contributed by atoms with Crippen molar-refractivity contribution < 1.29 is 29.8 Å². The second kappa shape index (κ2) is 9.90. The fourth-order valence-corrected chi connectivity index (χ4v) is 0. The van der Waals surface area contributed by atoms with E-state index in [4.69, 9.17) is 0 Å². The van der Waals surface area contributed by atoms with Crippen molar-refractivity contribution >= 4 is 11.3 Å². The maximum absolute atomic E-state index is 9.26. The van der Waals surface area contributed by atoms with E-state index in [1.807, 2.05) is 4.72 Å². The Balaban J connectivity index is -0.0000000800. The van der Waals surface area contributed by atoms with Crippen molar-refractivity contribution in [1.29, 1.82) is 0 Å². The van der Waals surface area contributed by atoms with Gasteiger partial charge in [-0.05, 0) is 7.05 Å². The van der Waals surface area contributed by atoms with Crippen molar-refractivity contribution in [2.75, 3.05) is 7.05 Å². The third-order valence-corrected chi connectivity index (χ3v) is 0.500. The third-order valence-electron chi connectivity index (χ3n) is 0.167. The molecular weight excluding hydrogens is 286 g/mol. The van der Waals surface area contributed by atoms with Crippen LogP contribution in [0.15, 0.2) is 0 Å². The van der Waals surface area contributed by atoms with E-state index in [-0.39, 0.29) is 28.5 Å². The van der Waals surface area contributed by atoms with Gasteiger partial charge in [-0.2, -0.15) is 0 Å². The Hall–Kier alpha value is 0.758. The maximum Gasteiger partial charge on any atom is 2.00 e. The summed E-state index contributed by atoms with van der Waals surface area (Å²) < 4.78 is 20.5. The second-order valence-corrected chi connectivity index (χ2v) is 1.32. The van der Waals surface area contributed by atoms with Crippen LogP contribution in [0.3, 0.4) is 0 Å². The summed E-state index contributed by atoms with van der Waals surface area (Å²) in [6.45, 7) is 0. The Labute approximate surface area is 60.6 Å². The first-order valence-corrected chi connectivity index (χ1v) is 2.11. The van der Waals surface area contributed by atoms with E-state index in [1.54, 1.807) is 0 Å². The van der Waals surface area contributed by atoms with Crippen LogP contribution in [0, 0.1) is 7.43 Å². The van der Waals surface area contributed by atoms with Crippen LogP contribution in [-0.2, 0) is 32.3 Å². The van der Waals surface area contributed by atoms with Gasteiger partial charge < -0.3 is 12.0 Å². The summed E-state index contributed by atoms with van der Waals surface area (Å²) >= 11 is -2.07. The van der Waals surface area contributed by atoms with Crippen molar-refractivity contribution in [2.45, 2.75) is 0 Å². The van der Waals surface area contributed by atoms with E-state index in [0.29, 0.717) is 0 Å². The van der Waals surface area contributed by atoms with Gasteiger partial charge >= 0.3 is 21.1 Å². The molecule has 0 saturated carbocycles. The summed E-state index contributed by atoms with van der Waals surface area (Å²) in [5.41, 5.74) is 0. The van der Waals surface area contributed by atoms with Crippen LogP contribution in [0.25, 0.3) is 0 Å². The standard InChI is InChI=1S/CH5NO2S.CH3.W/c1-2-5(3)4;;/h2H,1H3,(H,3,4);1H3;/q;-1;+2/p-1. The largest absolute Gasteiger partial charge is 2.00 e. The molecule has 0 saturated heterocycles. The van der Waals surface area contributed by atoms with Crippen molar-refractivity contribution in [3.05, 3.63) is 7.43 Å². The Morgan fingerprint density at radius 1 is 1.71 bits per heavy atom. The molecule has 0 spiro atoms. The van der Waals surface area contributed by atoms with Gasteiger partial charge in [-0.3, -0.25) is 8.93 Å². The molecule has 0 aromatic heterocycles. The zero-order valence-corrected chi connectivity index (χ0v) is 7.88. The van der Waals surface area contributed by atoms with E-state index < -0.39 is 11.3 Å². The molecular formula is C2H7NO2SW. The van der Waals surface area contributed by atoms with Gasteiger partial charge in [0, 0.05) is 11.3 Å². The summed E-state index contributed by atoms with van der Waals surface area (Å²) in [4.78, 5) is 0. The summed E-state index contributed by atoms with van der Waals surface area (Å²) in [6, 6.07) is 0. The van der Waals surface area contributed by atoms with Gasteiger partial charge in [-0.15, -0.1) is 0 Å². The minimum absolute atomic E-state index is 0. The molecule has 0 radical (unpaired) electrons. The number of nitrogens with one attached hydrogen (secondary N) is 1. The molecule has 0 aliphatic heterocycles. The van der Waals surface area contributed by atoms with E-state index in [2.05, 4.69) is 0 Å². The fraction of sp³-hybridized carbons (Fsp3) is 0.500. The molecule has 0 rings (SSSR count). The molecule has 0 heterocycles. The van der Waals surface area contributed by atoms with Crippen LogP contribution in [0.4, 0.5) is 0 Å². The fourth-order valence-electron chi connectivity index (χ4n) is 0. The average molecular weight is 293 g/mol. The molecule has 5 heteroatoms. The SMILES string of the molecule is CNS(=O)[O-].[CH3-].[W+2]. The zero-order chi connectivity index (χ0) is 4.28. The maximum atomic E-state index is 9.26. The first-order valence-electron chi connectivity index (χ1n) is 1.04. The van der Waals surface area contributed by atoms with Crippen molar-refractivity contribution in [3.63, 3.8) is 0 Å². The van der Waals surface area contributed by atoms with Gasteiger partial charge in [0.1, 0.15) is 0 Å². The van der Waals surface area contributed by atoms with Gasteiger partial charge in [-0.1, -0.05) is 0 Å². The Kier molecular flexibility index (Phi) is 22.1. The van der Waals surface area contributed by atoms with E-state index in [0.717, 1.165) is 0 Å². The van der Waals surface area contributed by atoms with Crippen LogP contribution >= 0.6 is 0 Å². The number of hydrogen-bond acceptors (Lipinski definition) is 2. The average Bonchev–Trinajstić information content (AvgIpc) is 1.38. The molecule has 0 amide bonds. The van der Waals surface area contributed by atoms with Crippen molar-refractivity contribution in [2.24, 2.45) is 0 Å². The van der Waals surface area contributed by atoms with Gasteiger partial charge in [0.15, 0.2) is 0 Å². The van der Waals surface area contributed by atoms with E-state index in [9.17, 15) is 8.76 Å². The molecule has 1 unspecified atom stereocenters. The van der Waals surface area contributed by atoms with Gasteiger partial charge in [0.05, 0.1) is 0 Å². The molecule has 0 aliphatic rings. The van der Waals surface area contributed by atoms with Crippen LogP contribution in [0.1, 0.15) is 0 Å². The van der Waals surface area contributed by atoms with Crippen LogP contribution in [0.5, 0.6) is 0 Å². The predicted molar refractivity (Wildman–Crippen MR) is 24.4 cm³/mol. The van der Waals surface area contributed by atoms with Crippen molar-refractivity contribution in [3.8, 4) is 0 Å². The molecule has 0 aromatic rings. The zero-order valence-electron chi connectivity index (χ0n) is 4.13. The van der Waals surface area contributed by atoms with Crippen LogP contribution < -0.4 is 4.72 Å². The van der Waals surface area contributed by atoms with Crippen LogP contribution in [-0.4, -0.2) is 15.8 Å². The Morgan fingerprint density at radius 2 is 1.86 bits per heavy atom. The van der Waals surface area contributed by atoms with Gasteiger partial charge in [-0.25, -0.2) is 0 Å². The van der Waals surface area contributed by atoms with Crippen LogP contribution in [0.2, 0.25) is 0 Å². The van der Waals surface area contributed by atoms with Gasteiger partial charge in [0.2, 0.25) is 0 Å². The molecule has 1 atom stereocenters. The molecule has 0 bridgehead atoms. The summed E-state index contributed by atoms with van der Waals surface area (Å²) in [5.74, 6) is 0. The summed E-state index contributed by atoms with van der Waals surface area (Å²) in [7, 11) is 1.34. The first kappa shape index (κ1) is 15.7. The molecule has 44 valence electrons. The van der Waals surface area contributed by atoms with Gasteiger partial charge in [0.25, 0.3) is 0 Å². The molecule has 0 aliphatic carbocycles. The second-order valence-electron chi connectivity index (χ2n) is 0.439. The van der Waals surface area contributed by atoms with E-state index in [1.165, 1.54) is 7.05 Å². The van der Waals surface area contributed by atoms with E-state index >= 15 is 0 Å². The number of rotatable bonds is 1. The molecule has 7 heavy (non-hydrogen) atoms. The molecule has 3 nitrogen and oxygen atoms in total. The topological polar surface area (TPSA) is 52.2 Å². The minimum Gasteiger partial charge on any atom is -0.760 e. The first-order chi connectivity index (χ1) is 2.27. The monoisotopic (exact) mass is 293 g/mol. The Morgan fingerprint density at radius 3 is 1.86 bits per heavy atom. The molecule has 1 N–H and O–H groups in total.